The van der Waals surface area contributed by atoms with Gasteiger partial charge in [0.2, 0.25) is 17.1 Å². The molecule has 9 aromatic carbocycles. The van der Waals surface area contributed by atoms with Crippen LogP contribution in [-0.2, 0) is 42.8 Å². The van der Waals surface area contributed by atoms with Crippen molar-refractivity contribution in [3.05, 3.63) is 269 Å². The van der Waals surface area contributed by atoms with Gasteiger partial charge in [0.1, 0.15) is 45.4 Å². The van der Waals surface area contributed by atoms with Gasteiger partial charge in [-0.2, -0.15) is 0 Å². The maximum absolute atomic E-state index is 2.46. The molecular formula is C92H112N3Si3+3. The van der Waals surface area contributed by atoms with Gasteiger partial charge >= 0.3 is 0 Å². The van der Waals surface area contributed by atoms with Crippen LogP contribution in [0, 0.1) is 27.7 Å². The van der Waals surface area contributed by atoms with Crippen LogP contribution in [-0.4, -0.2) is 24.2 Å². The maximum Gasteiger partial charge on any atom is 0.220 e. The van der Waals surface area contributed by atoms with Crippen molar-refractivity contribution < 1.29 is 13.7 Å². The molecule has 98 heavy (non-hydrogen) atoms. The minimum Gasteiger partial charge on any atom is -0.200 e. The fourth-order valence-electron chi connectivity index (χ4n) is 14.4. The summed E-state index contributed by atoms with van der Waals surface area (Å²) in [5, 5.41) is 16.8. The molecule has 0 aliphatic carbocycles. The molecule has 3 nitrogen and oxygen atoms in total. The summed E-state index contributed by atoms with van der Waals surface area (Å²) in [6.07, 6.45) is 6.66. The molecule has 0 fully saturated rings. The highest BCUT2D eigenvalue weighted by atomic mass is 28.3. The summed E-state index contributed by atoms with van der Waals surface area (Å²) in [5.41, 5.74) is 19.4. The quantitative estimate of drug-likeness (QED) is 0.101. The highest BCUT2D eigenvalue weighted by Gasteiger charge is 2.33. The van der Waals surface area contributed by atoms with Crippen LogP contribution in [0.15, 0.2) is 225 Å². The lowest BCUT2D eigenvalue weighted by molar-refractivity contribution is -0.659. The van der Waals surface area contributed by atoms with Crippen molar-refractivity contribution in [3.8, 4) is 33.8 Å². The Morgan fingerprint density at radius 1 is 0.265 bits per heavy atom. The van der Waals surface area contributed by atoms with E-state index in [1.54, 1.807) is 0 Å². The number of aromatic nitrogens is 3. The van der Waals surface area contributed by atoms with Crippen molar-refractivity contribution in [3.63, 3.8) is 0 Å². The fourth-order valence-corrected chi connectivity index (χ4v) is 21.5. The second kappa shape index (κ2) is 27.5. The van der Waals surface area contributed by atoms with Gasteiger partial charge < -0.3 is 0 Å². The molecule has 0 aliphatic rings. The summed E-state index contributed by atoms with van der Waals surface area (Å²) >= 11 is 0. The summed E-state index contributed by atoms with van der Waals surface area (Å²) in [5.74, 6) is 0. The summed E-state index contributed by atoms with van der Waals surface area (Å²) in [4.78, 5) is 0. The molecule has 3 aromatic heterocycles. The van der Waals surface area contributed by atoms with Crippen LogP contribution in [0.25, 0.3) is 66.1 Å². The molecule has 0 atom stereocenters. The lowest BCUT2D eigenvalue weighted by Crippen LogP contribution is -2.52. The van der Waals surface area contributed by atoms with Crippen LogP contribution in [0.2, 0.25) is 39.3 Å². The molecule has 0 N–H and O–H groups in total. The van der Waals surface area contributed by atoms with Gasteiger partial charge in [0.15, 0.2) is 18.6 Å². The predicted molar refractivity (Wildman–Crippen MR) is 435 cm³/mol. The molecule has 0 saturated heterocycles. The van der Waals surface area contributed by atoms with E-state index in [-0.39, 0.29) is 21.7 Å². The molecule has 0 bridgehead atoms. The second-order valence-electron chi connectivity index (χ2n) is 33.9. The van der Waals surface area contributed by atoms with Crippen molar-refractivity contribution in [1.82, 2.24) is 0 Å². The van der Waals surface area contributed by atoms with Crippen LogP contribution >= 0.6 is 0 Å². The topological polar surface area (TPSA) is 11.6 Å². The molecule has 504 valence electrons. The molecule has 3 heterocycles. The van der Waals surface area contributed by atoms with E-state index in [4.69, 9.17) is 0 Å². The van der Waals surface area contributed by atoms with Gasteiger partial charge in [-0.1, -0.05) is 305 Å². The average molecular weight is 1340 g/mol. The minimum absolute atomic E-state index is 0.0850. The highest BCUT2D eigenvalue weighted by molar-refractivity contribution is 7.01. The summed E-state index contributed by atoms with van der Waals surface area (Å²) in [7, 11) is 1.27. The zero-order valence-corrected chi connectivity index (χ0v) is 67.2. The molecule has 12 aromatic rings. The van der Waals surface area contributed by atoms with E-state index in [0.29, 0.717) is 0 Å². The minimum atomic E-state index is -1.77. The van der Waals surface area contributed by atoms with Crippen LogP contribution < -0.4 is 44.8 Å². The average Bonchev–Trinajstić information content (AvgIpc) is 0.762. The normalized spacial score (nSPS) is 12.5. The first-order valence-corrected chi connectivity index (χ1v) is 44.6. The Bertz CT molecular complexity index is 4910. The number of pyridine rings is 3. The van der Waals surface area contributed by atoms with Crippen LogP contribution in [0.1, 0.15) is 128 Å². The lowest BCUT2D eigenvalue weighted by Gasteiger charge is -2.28. The molecule has 0 unspecified atom stereocenters. The first kappa shape index (κ1) is 72.6. The van der Waals surface area contributed by atoms with E-state index in [1.165, 1.54) is 142 Å². The standard InChI is InChI=1S/C33H42NSi.C30H36NSi.C29H34NSi/c1-23-29(21-25(32(2,3)4)22-30(23)33(5,6)7)31-28-17-16-27(20-24(28)18-19-34(31)8)35(9,10)26-14-12-11-13-15-26;1-21-18-24(30(3,4)5)20-28(22(21)2)29-27-15-14-26(19-23(27)16-17-31(29)6)32(7,8)25-12-10-9-11-13-25;1-21-13-14-23(29(2,3)4)20-27(21)28-26-16-15-25(19-22(26)17-18-30(28)5)31(6,7)24-11-9-8-10-12-24/h11-22H,1-10H3;9-20H,1-8H3;8-20H,1-7H3/q3*+1. The number of fused-ring (bicyclic) bond motifs is 3. The number of benzene rings is 9. The van der Waals surface area contributed by atoms with E-state index in [1.807, 2.05) is 0 Å². The first-order valence-electron chi connectivity index (χ1n) is 35.6. The predicted octanol–water partition coefficient (Wildman–Crippen LogP) is 18.9. The van der Waals surface area contributed by atoms with Gasteiger partial charge in [-0.3, -0.25) is 0 Å². The summed E-state index contributed by atoms with van der Waals surface area (Å²) < 4.78 is 6.87. The largest absolute Gasteiger partial charge is 0.220 e. The number of aryl methyl sites for hydroxylation is 5. The van der Waals surface area contributed by atoms with Crippen LogP contribution in [0.4, 0.5) is 0 Å². The Balaban J connectivity index is 0.000000160. The number of hydrogen-bond donors (Lipinski definition) is 0. The zero-order chi connectivity index (χ0) is 71.4. The van der Waals surface area contributed by atoms with E-state index in [9.17, 15) is 0 Å². The molecular weight excluding hydrogens is 1230 g/mol. The smallest absolute Gasteiger partial charge is 0.200 e. The van der Waals surface area contributed by atoms with Gasteiger partial charge in [-0.05, 0) is 146 Å². The van der Waals surface area contributed by atoms with Crippen LogP contribution in [0.3, 0.4) is 0 Å². The SMILES string of the molecule is Cc1c(-c2c3ccc([Si](C)(C)c4ccccc4)cc3cc[n+]2C)cc(C(C)(C)C)cc1C(C)(C)C.Cc1cc(C(C)(C)C)cc(-c2c3ccc([Si](C)(C)c4ccccc4)cc3cc[n+]2C)c1C.Cc1ccc(C(C)(C)C)cc1-c1c2ccc([Si](C)(C)c3ccccc3)cc2cc[n+]1C. The molecule has 0 saturated carbocycles. The first-order chi connectivity index (χ1) is 45.8. The Kier molecular flexibility index (Phi) is 20.4. The molecule has 0 aliphatic heterocycles. The molecule has 6 heteroatoms. The molecule has 12 rings (SSSR count). The van der Waals surface area contributed by atoms with E-state index < -0.39 is 24.2 Å². The van der Waals surface area contributed by atoms with E-state index in [0.717, 1.165) is 0 Å². The van der Waals surface area contributed by atoms with E-state index in [2.05, 4.69) is 410 Å². The van der Waals surface area contributed by atoms with Crippen molar-refractivity contribution in [1.29, 1.82) is 0 Å². The molecule has 0 spiro atoms. The van der Waals surface area contributed by atoms with Gasteiger partial charge in [0.25, 0.3) is 0 Å². The summed E-state index contributed by atoms with van der Waals surface area (Å²) in [6.45, 7) is 51.4. The monoisotopic (exact) mass is 1340 g/mol. The number of hydrogen-bond acceptors (Lipinski definition) is 0. The third-order valence-corrected chi connectivity index (χ3v) is 32.1. The third kappa shape index (κ3) is 14.9. The van der Waals surface area contributed by atoms with Gasteiger partial charge in [0.05, 0.1) is 27.3 Å². The Hall–Kier alpha value is -8.14. The van der Waals surface area contributed by atoms with Crippen molar-refractivity contribution >= 4 is 87.7 Å². The summed E-state index contributed by atoms with van der Waals surface area (Å²) in [6, 6.07) is 78.0. The van der Waals surface area contributed by atoms with Gasteiger partial charge in [0, 0.05) is 23.8 Å². The lowest BCUT2D eigenvalue weighted by atomic mass is 9.76. The fraction of sp³-hybridized carbons (Fsp3) is 0.315. The third-order valence-electron chi connectivity index (χ3n) is 21.5. The Morgan fingerprint density at radius 3 is 0.918 bits per heavy atom. The second-order valence-corrected chi connectivity index (χ2v) is 47.1. The molecule has 0 amide bonds. The van der Waals surface area contributed by atoms with Crippen LogP contribution in [0.5, 0.6) is 0 Å². The van der Waals surface area contributed by atoms with Crippen molar-refractivity contribution in [2.75, 3.05) is 0 Å². The van der Waals surface area contributed by atoms with Crippen molar-refractivity contribution in [2.45, 2.75) is 172 Å². The van der Waals surface area contributed by atoms with E-state index >= 15 is 0 Å². The Morgan fingerprint density at radius 2 is 0.582 bits per heavy atom. The maximum atomic E-state index is 2.46. The Labute approximate surface area is 593 Å². The van der Waals surface area contributed by atoms with Gasteiger partial charge in [-0.25, -0.2) is 13.7 Å². The number of rotatable bonds is 9. The van der Waals surface area contributed by atoms with Gasteiger partial charge in [-0.15, -0.1) is 0 Å². The number of nitrogens with zero attached hydrogens (tertiary/aromatic N) is 3. The zero-order valence-electron chi connectivity index (χ0n) is 64.2. The molecule has 0 radical (unpaired) electrons. The van der Waals surface area contributed by atoms with Crippen molar-refractivity contribution in [2.24, 2.45) is 21.1 Å². The highest BCUT2D eigenvalue weighted by Crippen LogP contribution is 2.40.